The molecule has 0 atom stereocenters. The molecule has 0 spiro atoms. The first kappa shape index (κ1) is 11.9. The lowest BCUT2D eigenvalue weighted by molar-refractivity contribution is 0.174. The molecule has 104 valence electrons. The minimum Gasteiger partial charge on any atom is -0.454 e. The van der Waals surface area contributed by atoms with Gasteiger partial charge in [0.2, 0.25) is 6.79 Å². The zero-order valence-electron chi connectivity index (χ0n) is 11.1. The highest BCUT2D eigenvalue weighted by atomic mass is 16.7. The molecule has 0 saturated carbocycles. The van der Waals surface area contributed by atoms with Gasteiger partial charge in [0.05, 0.1) is 12.2 Å². The van der Waals surface area contributed by atoms with E-state index in [1.807, 2.05) is 30.3 Å². The van der Waals surface area contributed by atoms with Gasteiger partial charge in [0.1, 0.15) is 5.82 Å². The third kappa shape index (κ3) is 2.20. The molecule has 6 heteroatoms. The van der Waals surface area contributed by atoms with E-state index in [1.54, 1.807) is 12.4 Å². The summed E-state index contributed by atoms with van der Waals surface area (Å²) in [4.78, 5) is 4.39. The van der Waals surface area contributed by atoms with Crippen LogP contribution in [-0.4, -0.2) is 22.0 Å². The number of benzene rings is 1. The van der Waals surface area contributed by atoms with E-state index in [0.29, 0.717) is 6.54 Å². The molecule has 1 aliphatic heterocycles. The predicted molar refractivity (Wildman–Crippen MR) is 77.2 cm³/mol. The van der Waals surface area contributed by atoms with Crippen LogP contribution in [0.1, 0.15) is 5.69 Å². The van der Waals surface area contributed by atoms with E-state index in [1.165, 1.54) is 0 Å². The Morgan fingerprint density at radius 2 is 2.00 bits per heavy atom. The van der Waals surface area contributed by atoms with Crippen LogP contribution in [0, 0.1) is 0 Å². The molecule has 0 saturated heterocycles. The number of hydrogen-bond donors (Lipinski definition) is 1. The van der Waals surface area contributed by atoms with Crippen LogP contribution in [0.15, 0.2) is 42.7 Å². The van der Waals surface area contributed by atoms with Crippen molar-refractivity contribution in [2.24, 2.45) is 0 Å². The highest BCUT2D eigenvalue weighted by Gasteiger charge is 2.15. The predicted octanol–water partition coefficient (Wildman–Crippen LogP) is 2.37. The molecule has 0 aliphatic carbocycles. The van der Waals surface area contributed by atoms with E-state index in [4.69, 9.17) is 9.47 Å². The Labute approximate surface area is 120 Å². The number of anilines is 1. The number of nitrogens with one attached hydrogen (secondary N) is 1. The van der Waals surface area contributed by atoms with Gasteiger partial charge in [0.15, 0.2) is 11.5 Å². The number of fused-ring (bicyclic) bond motifs is 2. The average molecular weight is 280 g/mol. The van der Waals surface area contributed by atoms with Crippen LogP contribution in [0.4, 0.5) is 5.82 Å². The highest BCUT2D eigenvalue weighted by molar-refractivity contribution is 5.94. The summed E-state index contributed by atoms with van der Waals surface area (Å²) < 4.78 is 10.8. The molecule has 4 rings (SSSR count). The van der Waals surface area contributed by atoms with Crippen LogP contribution >= 0.6 is 0 Å². The largest absolute Gasteiger partial charge is 0.454 e. The fourth-order valence-electron chi connectivity index (χ4n) is 2.31. The van der Waals surface area contributed by atoms with Crippen LogP contribution in [0.5, 0.6) is 11.5 Å². The molecule has 0 fully saturated rings. The summed E-state index contributed by atoms with van der Waals surface area (Å²) in [5.41, 5.74) is 0.858. The normalized spacial score (nSPS) is 12.6. The molecule has 1 aliphatic rings. The van der Waals surface area contributed by atoms with E-state index in [0.717, 1.165) is 33.8 Å². The SMILES string of the molecule is c1cnnc(CNc2nccc3cc4c(cc23)OCO4)c1. The maximum Gasteiger partial charge on any atom is 0.231 e. The topological polar surface area (TPSA) is 69.2 Å². The maximum absolute atomic E-state index is 5.42. The first-order valence-corrected chi connectivity index (χ1v) is 6.59. The number of pyridine rings is 1. The van der Waals surface area contributed by atoms with Crippen molar-refractivity contribution in [2.75, 3.05) is 12.1 Å². The fourth-order valence-corrected chi connectivity index (χ4v) is 2.31. The lowest BCUT2D eigenvalue weighted by atomic mass is 10.1. The number of nitrogens with zero attached hydrogens (tertiary/aromatic N) is 3. The van der Waals surface area contributed by atoms with Crippen LogP contribution in [0.25, 0.3) is 10.8 Å². The van der Waals surface area contributed by atoms with Crippen molar-refractivity contribution in [3.05, 3.63) is 48.4 Å². The maximum atomic E-state index is 5.42. The molecule has 0 amide bonds. The third-order valence-corrected chi connectivity index (χ3v) is 3.32. The molecule has 6 nitrogen and oxygen atoms in total. The lowest BCUT2D eigenvalue weighted by Crippen LogP contribution is -2.04. The van der Waals surface area contributed by atoms with Gasteiger partial charge < -0.3 is 14.8 Å². The number of rotatable bonds is 3. The van der Waals surface area contributed by atoms with Gasteiger partial charge in [0.25, 0.3) is 0 Å². The van der Waals surface area contributed by atoms with Gasteiger partial charge in [0, 0.05) is 17.8 Å². The van der Waals surface area contributed by atoms with Crippen LogP contribution in [0.3, 0.4) is 0 Å². The summed E-state index contributed by atoms with van der Waals surface area (Å²) in [6.07, 6.45) is 3.42. The van der Waals surface area contributed by atoms with Crippen molar-refractivity contribution in [3.8, 4) is 11.5 Å². The Balaban J connectivity index is 1.68. The summed E-state index contributed by atoms with van der Waals surface area (Å²) in [7, 11) is 0. The second kappa shape index (κ2) is 4.90. The summed E-state index contributed by atoms with van der Waals surface area (Å²) in [5.74, 6) is 2.31. The van der Waals surface area contributed by atoms with E-state index >= 15 is 0 Å². The van der Waals surface area contributed by atoms with Gasteiger partial charge in [-0.25, -0.2) is 4.98 Å². The van der Waals surface area contributed by atoms with Crippen molar-refractivity contribution >= 4 is 16.6 Å². The van der Waals surface area contributed by atoms with Gasteiger partial charge in [-0.2, -0.15) is 10.2 Å². The van der Waals surface area contributed by atoms with Gasteiger partial charge in [-0.15, -0.1) is 0 Å². The third-order valence-electron chi connectivity index (χ3n) is 3.32. The van der Waals surface area contributed by atoms with Gasteiger partial charge >= 0.3 is 0 Å². The zero-order chi connectivity index (χ0) is 14.1. The molecular formula is C15H12N4O2. The molecule has 0 bridgehead atoms. The van der Waals surface area contributed by atoms with Crippen molar-refractivity contribution in [1.82, 2.24) is 15.2 Å². The van der Waals surface area contributed by atoms with Crippen molar-refractivity contribution in [2.45, 2.75) is 6.54 Å². The summed E-state index contributed by atoms with van der Waals surface area (Å²) in [6.45, 7) is 0.829. The molecule has 0 unspecified atom stereocenters. The Morgan fingerprint density at radius 3 is 2.86 bits per heavy atom. The lowest BCUT2D eigenvalue weighted by Gasteiger charge is -2.09. The molecule has 3 aromatic rings. The second-order valence-corrected chi connectivity index (χ2v) is 4.65. The molecule has 1 aromatic carbocycles. The smallest absolute Gasteiger partial charge is 0.231 e. The molecule has 0 radical (unpaired) electrons. The Hall–Kier alpha value is -2.89. The highest BCUT2D eigenvalue weighted by Crippen LogP contribution is 2.37. The van der Waals surface area contributed by atoms with Crippen LogP contribution in [0.2, 0.25) is 0 Å². The minimum absolute atomic E-state index is 0.265. The molecule has 21 heavy (non-hydrogen) atoms. The monoisotopic (exact) mass is 280 g/mol. The van der Waals surface area contributed by atoms with E-state index in [2.05, 4.69) is 20.5 Å². The van der Waals surface area contributed by atoms with E-state index in [-0.39, 0.29) is 6.79 Å². The van der Waals surface area contributed by atoms with Crippen LogP contribution < -0.4 is 14.8 Å². The van der Waals surface area contributed by atoms with Crippen molar-refractivity contribution in [1.29, 1.82) is 0 Å². The molecule has 3 heterocycles. The summed E-state index contributed by atoms with van der Waals surface area (Å²) >= 11 is 0. The average Bonchev–Trinajstić information content (AvgIpc) is 2.99. The zero-order valence-corrected chi connectivity index (χ0v) is 11.1. The van der Waals surface area contributed by atoms with Gasteiger partial charge in [-0.05, 0) is 35.7 Å². The molecule has 1 N–H and O–H groups in total. The fraction of sp³-hybridized carbons (Fsp3) is 0.133. The minimum atomic E-state index is 0.265. The van der Waals surface area contributed by atoms with E-state index in [9.17, 15) is 0 Å². The van der Waals surface area contributed by atoms with Crippen molar-refractivity contribution < 1.29 is 9.47 Å². The van der Waals surface area contributed by atoms with E-state index < -0.39 is 0 Å². The standard InChI is InChI=1S/C15H12N4O2/c1-2-11(19-18-4-1)8-17-15-12-7-14-13(20-9-21-14)6-10(12)3-5-16-15/h1-7H,8-9H2,(H,16,17). The van der Waals surface area contributed by atoms with Gasteiger partial charge in [-0.1, -0.05) is 0 Å². The first-order valence-electron chi connectivity index (χ1n) is 6.59. The Bertz CT molecular complexity index is 792. The second-order valence-electron chi connectivity index (χ2n) is 4.65. The summed E-state index contributed by atoms with van der Waals surface area (Å²) in [5, 5.41) is 13.2. The van der Waals surface area contributed by atoms with Gasteiger partial charge in [-0.3, -0.25) is 0 Å². The quantitative estimate of drug-likeness (QED) is 0.794. The number of aromatic nitrogens is 3. The molecular weight excluding hydrogens is 268 g/mol. The van der Waals surface area contributed by atoms with Crippen molar-refractivity contribution in [3.63, 3.8) is 0 Å². The molecule has 2 aromatic heterocycles. The Kier molecular flexibility index (Phi) is 2.77. The summed E-state index contributed by atoms with van der Waals surface area (Å²) in [6, 6.07) is 9.64. The van der Waals surface area contributed by atoms with Crippen LogP contribution in [-0.2, 0) is 6.54 Å². The number of hydrogen-bond acceptors (Lipinski definition) is 6. The Morgan fingerprint density at radius 1 is 1.10 bits per heavy atom. The number of ether oxygens (including phenoxy) is 2. The first-order chi connectivity index (χ1) is 10.4.